The van der Waals surface area contributed by atoms with Gasteiger partial charge in [0.05, 0.1) is 10.9 Å². The Morgan fingerprint density at radius 3 is 2.52 bits per heavy atom. The fourth-order valence-electron chi connectivity index (χ4n) is 2.77. The van der Waals surface area contributed by atoms with Gasteiger partial charge in [0.15, 0.2) is 15.7 Å². The van der Waals surface area contributed by atoms with Crippen molar-refractivity contribution in [3.05, 3.63) is 64.4 Å². The van der Waals surface area contributed by atoms with Crippen molar-refractivity contribution in [2.24, 2.45) is 0 Å². The van der Waals surface area contributed by atoms with E-state index in [1.807, 2.05) is 6.92 Å². The minimum Gasteiger partial charge on any atom is -0.342 e. The molecule has 1 unspecified atom stereocenters. The molecule has 152 valence electrons. The van der Waals surface area contributed by atoms with Gasteiger partial charge in [0, 0.05) is 22.4 Å². The number of aryl methyl sites for hydroxylation is 1. The minimum absolute atomic E-state index is 0.0945. The van der Waals surface area contributed by atoms with E-state index >= 15 is 0 Å². The summed E-state index contributed by atoms with van der Waals surface area (Å²) in [5.41, 5.74) is 1.77. The van der Waals surface area contributed by atoms with Gasteiger partial charge in [-0.15, -0.1) is 0 Å². The summed E-state index contributed by atoms with van der Waals surface area (Å²) in [5, 5.41) is 7.33. The van der Waals surface area contributed by atoms with Crippen molar-refractivity contribution in [3.8, 4) is 11.5 Å². The van der Waals surface area contributed by atoms with E-state index in [0.717, 1.165) is 11.8 Å². The molecule has 0 fully saturated rings. The lowest BCUT2D eigenvalue weighted by molar-refractivity contribution is 0.0936. The van der Waals surface area contributed by atoms with Crippen molar-refractivity contribution >= 4 is 27.3 Å². The second-order valence-electron chi connectivity index (χ2n) is 6.60. The summed E-state index contributed by atoms with van der Waals surface area (Å²) in [6.45, 7) is 3.62. The molecule has 0 aliphatic heterocycles. The summed E-state index contributed by atoms with van der Waals surface area (Å²) in [7, 11) is -3.42. The summed E-state index contributed by atoms with van der Waals surface area (Å²) >= 11 is 5.88. The van der Waals surface area contributed by atoms with Crippen LogP contribution in [0.5, 0.6) is 0 Å². The summed E-state index contributed by atoms with van der Waals surface area (Å²) < 4.78 is 28.9. The molecule has 3 rings (SSSR count). The molecule has 0 saturated heterocycles. The van der Waals surface area contributed by atoms with E-state index in [4.69, 9.17) is 16.1 Å². The van der Waals surface area contributed by atoms with Crippen LogP contribution < -0.4 is 5.32 Å². The molecule has 1 aromatic heterocycles. The van der Waals surface area contributed by atoms with Gasteiger partial charge in [0.2, 0.25) is 0 Å². The molecule has 0 spiro atoms. The Morgan fingerprint density at radius 2 is 1.90 bits per heavy atom. The van der Waals surface area contributed by atoms with E-state index in [1.165, 1.54) is 12.1 Å². The van der Waals surface area contributed by atoms with Crippen LogP contribution in [0.3, 0.4) is 0 Å². The zero-order valence-corrected chi connectivity index (χ0v) is 17.7. The molecule has 9 heteroatoms. The number of nitrogens with one attached hydrogen (secondary N) is 1. The van der Waals surface area contributed by atoms with Crippen LogP contribution in [-0.2, 0) is 16.3 Å². The lowest BCUT2D eigenvalue weighted by Crippen LogP contribution is -2.28. The van der Waals surface area contributed by atoms with E-state index in [2.05, 4.69) is 15.5 Å². The number of hydrogen-bond acceptors (Lipinski definition) is 6. The van der Waals surface area contributed by atoms with Gasteiger partial charge in [-0.25, -0.2) is 8.42 Å². The van der Waals surface area contributed by atoms with Gasteiger partial charge in [-0.3, -0.25) is 4.79 Å². The predicted molar refractivity (Wildman–Crippen MR) is 110 cm³/mol. The molecule has 2 aromatic carbocycles. The summed E-state index contributed by atoms with van der Waals surface area (Å²) in [4.78, 5) is 17.2. The van der Waals surface area contributed by atoms with Gasteiger partial charge >= 0.3 is 0 Å². The molecule has 1 atom stereocenters. The SMILES string of the molecule is CCc1ccc(S(C)(=O)=O)cc1C(=O)NC(C)c1noc(-c2ccc(Cl)cc2)n1. The fourth-order valence-corrected chi connectivity index (χ4v) is 3.54. The number of carbonyl (C=O) groups is 1. The third-order valence-corrected chi connectivity index (χ3v) is 5.77. The van der Waals surface area contributed by atoms with Crippen LogP contribution in [0.1, 0.15) is 41.6 Å². The number of hydrogen-bond donors (Lipinski definition) is 1. The molecule has 3 aromatic rings. The highest BCUT2D eigenvalue weighted by Gasteiger charge is 2.20. The smallest absolute Gasteiger partial charge is 0.257 e. The Kier molecular flexibility index (Phi) is 6.04. The van der Waals surface area contributed by atoms with Crippen molar-refractivity contribution in [3.63, 3.8) is 0 Å². The number of benzene rings is 2. The van der Waals surface area contributed by atoms with Crippen LogP contribution in [-0.4, -0.2) is 30.7 Å². The molecule has 1 heterocycles. The molecule has 1 N–H and O–H groups in total. The molecule has 29 heavy (non-hydrogen) atoms. The molecule has 7 nitrogen and oxygen atoms in total. The average Bonchev–Trinajstić information content (AvgIpc) is 3.17. The summed E-state index contributed by atoms with van der Waals surface area (Å²) in [6.07, 6.45) is 1.69. The lowest BCUT2D eigenvalue weighted by Gasteiger charge is -2.13. The van der Waals surface area contributed by atoms with E-state index in [1.54, 1.807) is 37.3 Å². The highest BCUT2D eigenvalue weighted by molar-refractivity contribution is 7.90. The van der Waals surface area contributed by atoms with Crippen LogP contribution in [0.2, 0.25) is 5.02 Å². The first-order valence-electron chi connectivity index (χ1n) is 8.92. The van der Waals surface area contributed by atoms with Crippen molar-refractivity contribution in [2.75, 3.05) is 6.26 Å². The minimum atomic E-state index is -3.42. The number of rotatable bonds is 6. The maximum Gasteiger partial charge on any atom is 0.257 e. The highest BCUT2D eigenvalue weighted by atomic mass is 35.5. The number of carbonyl (C=O) groups excluding carboxylic acids is 1. The van der Waals surface area contributed by atoms with E-state index in [0.29, 0.717) is 34.3 Å². The van der Waals surface area contributed by atoms with Gasteiger partial charge in [-0.2, -0.15) is 4.98 Å². The zero-order chi connectivity index (χ0) is 21.2. The Labute approximate surface area is 174 Å². The molecule has 0 radical (unpaired) electrons. The van der Waals surface area contributed by atoms with Gasteiger partial charge in [0.25, 0.3) is 11.8 Å². The largest absolute Gasteiger partial charge is 0.342 e. The normalized spacial score (nSPS) is 12.6. The lowest BCUT2D eigenvalue weighted by atomic mass is 10.0. The zero-order valence-electron chi connectivity index (χ0n) is 16.1. The van der Waals surface area contributed by atoms with E-state index in [9.17, 15) is 13.2 Å². The second-order valence-corrected chi connectivity index (χ2v) is 9.06. The number of sulfone groups is 1. The van der Waals surface area contributed by atoms with Crippen LogP contribution in [0.4, 0.5) is 0 Å². The Balaban J connectivity index is 1.81. The fraction of sp³-hybridized carbons (Fsp3) is 0.250. The highest BCUT2D eigenvalue weighted by Crippen LogP contribution is 2.22. The molecule has 1 amide bonds. The molecule has 0 saturated carbocycles. The molecule has 0 aliphatic rings. The average molecular weight is 434 g/mol. The van der Waals surface area contributed by atoms with Crippen LogP contribution in [0.25, 0.3) is 11.5 Å². The van der Waals surface area contributed by atoms with E-state index in [-0.39, 0.29) is 4.90 Å². The Morgan fingerprint density at radius 1 is 1.21 bits per heavy atom. The predicted octanol–water partition coefficient (Wildman–Crippen LogP) is 3.85. The van der Waals surface area contributed by atoms with Crippen LogP contribution in [0.15, 0.2) is 51.9 Å². The van der Waals surface area contributed by atoms with Crippen molar-refractivity contribution in [2.45, 2.75) is 31.2 Å². The van der Waals surface area contributed by atoms with Crippen molar-refractivity contribution in [1.29, 1.82) is 0 Å². The third kappa shape index (κ3) is 4.83. The number of halogens is 1. The van der Waals surface area contributed by atoms with Crippen LogP contribution >= 0.6 is 11.6 Å². The van der Waals surface area contributed by atoms with Crippen LogP contribution in [0, 0.1) is 0 Å². The standard InChI is InChI=1S/C20H20ClN3O4S/c1-4-13-7-10-16(29(3,26)27)11-17(13)19(25)22-12(2)18-23-20(28-24-18)14-5-8-15(21)9-6-14/h5-12H,4H2,1-3H3,(H,22,25). The maximum atomic E-state index is 12.8. The van der Waals surface area contributed by atoms with Gasteiger partial charge < -0.3 is 9.84 Å². The second kappa shape index (κ2) is 8.34. The topological polar surface area (TPSA) is 102 Å². The van der Waals surface area contributed by atoms with Crippen molar-refractivity contribution in [1.82, 2.24) is 15.5 Å². The van der Waals surface area contributed by atoms with Crippen molar-refractivity contribution < 1.29 is 17.7 Å². The maximum absolute atomic E-state index is 12.8. The number of aromatic nitrogens is 2. The van der Waals surface area contributed by atoms with Gasteiger partial charge in [-0.1, -0.05) is 29.7 Å². The van der Waals surface area contributed by atoms with E-state index < -0.39 is 21.8 Å². The molecule has 0 aliphatic carbocycles. The monoisotopic (exact) mass is 433 g/mol. The summed E-state index contributed by atoms with van der Waals surface area (Å²) in [6, 6.07) is 11.0. The summed E-state index contributed by atoms with van der Waals surface area (Å²) in [5.74, 6) is 0.212. The first-order valence-corrected chi connectivity index (χ1v) is 11.2. The number of amides is 1. The molecule has 0 bridgehead atoms. The Hall–Kier alpha value is -2.71. The number of nitrogens with zero attached hydrogens (tertiary/aromatic N) is 2. The molecular formula is C20H20ClN3O4S. The first kappa shape index (κ1) is 21.0. The molecular weight excluding hydrogens is 414 g/mol. The van der Waals surface area contributed by atoms with Gasteiger partial charge in [0.1, 0.15) is 0 Å². The third-order valence-electron chi connectivity index (χ3n) is 4.40. The first-order chi connectivity index (χ1) is 13.7. The van der Waals surface area contributed by atoms with Gasteiger partial charge in [-0.05, 0) is 55.3 Å². The quantitative estimate of drug-likeness (QED) is 0.633. The Bertz CT molecular complexity index is 1140.